The maximum Gasteiger partial charge on any atom is 0.335 e. The first-order valence-corrected chi connectivity index (χ1v) is 9.22. The average Bonchev–Trinajstić information content (AvgIpc) is 2.69. The van der Waals surface area contributed by atoms with Gasteiger partial charge in [-0.25, -0.2) is 4.79 Å². The summed E-state index contributed by atoms with van der Waals surface area (Å²) in [4.78, 5) is 16.3. The van der Waals surface area contributed by atoms with Crippen LogP contribution in [0.3, 0.4) is 0 Å². The molecule has 1 atom stereocenters. The molecule has 0 aliphatic rings. The van der Waals surface area contributed by atoms with E-state index >= 15 is 0 Å². The topological polar surface area (TPSA) is 57.7 Å². The van der Waals surface area contributed by atoms with E-state index in [9.17, 15) is 4.79 Å². The zero-order valence-corrected chi connectivity index (χ0v) is 16.2. The molecule has 1 heterocycles. The van der Waals surface area contributed by atoms with E-state index in [0.717, 1.165) is 22.6 Å². The second kappa shape index (κ2) is 11.1. The highest BCUT2D eigenvalue weighted by atomic mass is 16.6. The van der Waals surface area contributed by atoms with Crippen LogP contribution in [-0.2, 0) is 20.7 Å². The summed E-state index contributed by atoms with van der Waals surface area (Å²) in [5.41, 5.74) is 3.01. The molecule has 0 bridgehead atoms. The molecule has 5 heteroatoms. The number of hydrogen-bond donors (Lipinski definition) is 0. The molecule has 0 amide bonds. The summed E-state index contributed by atoms with van der Waals surface area (Å²) in [5, 5.41) is 0. The number of rotatable bonds is 10. The van der Waals surface area contributed by atoms with Crippen molar-refractivity contribution in [2.24, 2.45) is 0 Å². The van der Waals surface area contributed by atoms with Crippen molar-refractivity contribution < 1.29 is 19.0 Å². The van der Waals surface area contributed by atoms with Crippen LogP contribution in [0, 0.1) is 0 Å². The van der Waals surface area contributed by atoms with E-state index < -0.39 is 6.10 Å². The lowest BCUT2D eigenvalue weighted by molar-refractivity contribution is -0.156. The summed E-state index contributed by atoms with van der Waals surface area (Å²) in [7, 11) is 0. The Hall–Kier alpha value is -2.66. The Morgan fingerprint density at radius 2 is 1.89 bits per heavy atom. The Bertz CT molecular complexity index is 726. The van der Waals surface area contributed by atoms with Gasteiger partial charge in [0, 0.05) is 19.2 Å². The molecular formula is C22H27NO4. The third-order valence-electron chi connectivity index (χ3n) is 3.97. The van der Waals surface area contributed by atoms with Crippen molar-refractivity contribution in [2.75, 3.05) is 19.8 Å². The molecule has 0 saturated carbocycles. The van der Waals surface area contributed by atoms with Crippen LogP contribution in [0.25, 0.3) is 5.57 Å². The number of benzene rings is 1. The lowest BCUT2D eigenvalue weighted by Crippen LogP contribution is -2.28. The van der Waals surface area contributed by atoms with Gasteiger partial charge in [0.25, 0.3) is 0 Å². The van der Waals surface area contributed by atoms with Crippen molar-refractivity contribution in [3.63, 3.8) is 0 Å². The third-order valence-corrected chi connectivity index (χ3v) is 3.97. The first-order valence-electron chi connectivity index (χ1n) is 9.22. The highest BCUT2D eigenvalue weighted by Gasteiger charge is 2.20. The van der Waals surface area contributed by atoms with E-state index in [4.69, 9.17) is 14.2 Å². The number of nitrogens with zero attached hydrogens (tertiary/aromatic N) is 1. The van der Waals surface area contributed by atoms with Gasteiger partial charge >= 0.3 is 5.97 Å². The van der Waals surface area contributed by atoms with Gasteiger partial charge < -0.3 is 14.2 Å². The lowest BCUT2D eigenvalue weighted by Gasteiger charge is -2.15. The van der Waals surface area contributed by atoms with Crippen LogP contribution in [-0.4, -0.2) is 36.9 Å². The van der Waals surface area contributed by atoms with Crippen LogP contribution in [0.2, 0.25) is 0 Å². The molecule has 0 unspecified atom stereocenters. The van der Waals surface area contributed by atoms with Crippen molar-refractivity contribution in [2.45, 2.75) is 33.3 Å². The molecule has 0 radical (unpaired) electrons. The molecule has 0 aliphatic heterocycles. The monoisotopic (exact) mass is 369 g/mol. The first-order chi connectivity index (χ1) is 13.1. The summed E-state index contributed by atoms with van der Waals surface area (Å²) in [6, 6.07) is 13.5. The molecule has 144 valence electrons. The van der Waals surface area contributed by atoms with Gasteiger partial charge in [0.2, 0.25) is 0 Å². The van der Waals surface area contributed by atoms with Crippen molar-refractivity contribution in [3.05, 3.63) is 66.0 Å². The molecule has 1 aromatic heterocycles. The van der Waals surface area contributed by atoms with Crippen LogP contribution in [0.15, 0.2) is 54.7 Å². The minimum atomic E-state index is -0.578. The quantitative estimate of drug-likeness (QED) is 0.591. The van der Waals surface area contributed by atoms with Crippen molar-refractivity contribution in [3.8, 4) is 5.75 Å². The largest absolute Gasteiger partial charge is 0.490 e. The van der Waals surface area contributed by atoms with E-state index in [0.29, 0.717) is 26.2 Å². The van der Waals surface area contributed by atoms with Gasteiger partial charge in [0.05, 0.1) is 12.3 Å². The van der Waals surface area contributed by atoms with Gasteiger partial charge in [0.1, 0.15) is 12.4 Å². The molecule has 27 heavy (non-hydrogen) atoms. The van der Waals surface area contributed by atoms with E-state index in [1.165, 1.54) is 0 Å². The number of hydrogen-bond acceptors (Lipinski definition) is 5. The standard InChI is InChI=1S/C22H27NO4/c1-4-25-21(22(24)26-5-2)16-18-9-11-19(12-10-18)27-15-13-17(3)20-8-6-7-14-23-20/h6-14,21H,4-5,15-16H2,1-3H3/t21-/m0/s1. The number of carbonyl (C=O) groups is 1. The lowest BCUT2D eigenvalue weighted by atomic mass is 10.1. The predicted octanol–water partition coefficient (Wildman–Crippen LogP) is 4.07. The van der Waals surface area contributed by atoms with Crippen LogP contribution in [0.4, 0.5) is 0 Å². The van der Waals surface area contributed by atoms with Crippen LogP contribution in [0.1, 0.15) is 32.0 Å². The summed E-state index contributed by atoms with van der Waals surface area (Å²) in [6.45, 7) is 6.94. The van der Waals surface area contributed by atoms with Gasteiger partial charge in [-0.3, -0.25) is 4.98 Å². The number of ether oxygens (including phenoxy) is 3. The van der Waals surface area contributed by atoms with E-state index in [2.05, 4.69) is 4.98 Å². The summed E-state index contributed by atoms with van der Waals surface area (Å²) in [6.07, 6.45) is 3.68. The van der Waals surface area contributed by atoms with Gasteiger partial charge in [-0.15, -0.1) is 0 Å². The molecule has 0 spiro atoms. The summed E-state index contributed by atoms with van der Waals surface area (Å²) >= 11 is 0. The van der Waals surface area contributed by atoms with Crippen molar-refractivity contribution >= 4 is 11.5 Å². The third kappa shape index (κ3) is 6.87. The van der Waals surface area contributed by atoms with E-state index in [1.54, 1.807) is 13.1 Å². The fraction of sp³-hybridized carbons (Fsp3) is 0.364. The normalized spacial score (nSPS) is 12.5. The molecule has 0 fully saturated rings. The molecule has 1 aromatic carbocycles. The van der Waals surface area contributed by atoms with Crippen LogP contribution >= 0.6 is 0 Å². The Balaban J connectivity index is 1.89. The average molecular weight is 369 g/mol. The molecule has 2 aromatic rings. The number of carbonyl (C=O) groups excluding carboxylic acids is 1. The van der Waals surface area contributed by atoms with E-state index in [1.807, 2.05) is 62.4 Å². The number of aromatic nitrogens is 1. The van der Waals surface area contributed by atoms with Crippen molar-refractivity contribution in [1.29, 1.82) is 0 Å². The number of allylic oxidation sites excluding steroid dienone is 1. The smallest absolute Gasteiger partial charge is 0.335 e. The molecule has 0 N–H and O–H groups in total. The van der Waals surface area contributed by atoms with Gasteiger partial charge in [-0.1, -0.05) is 18.2 Å². The summed E-state index contributed by atoms with van der Waals surface area (Å²) < 4.78 is 16.3. The zero-order chi connectivity index (χ0) is 19.5. The SMILES string of the molecule is CCOC(=O)[C@H](Cc1ccc(OCC=C(C)c2ccccn2)cc1)OCC. The fourth-order valence-electron chi connectivity index (χ4n) is 2.55. The summed E-state index contributed by atoms with van der Waals surface area (Å²) in [5.74, 6) is 0.447. The highest BCUT2D eigenvalue weighted by Crippen LogP contribution is 2.16. The van der Waals surface area contributed by atoms with Crippen LogP contribution in [0.5, 0.6) is 5.75 Å². The Morgan fingerprint density at radius 1 is 1.11 bits per heavy atom. The van der Waals surface area contributed by atoms with Crippen molar-refractivity contribution in [1.82, 2.24) is 4.98 Å². The maximum atomic E-state index is 11.9. The second-order valence-electron chi connectivity index (χ2n) is 5.96. The molecule has 5 nitrogen and oxygen atoms in total. The minimum absolute atomic E-state index is 0.324. The highest BCUT2D eigenvalue weighted by molar-refractivity contribution is 5.75. The van der Waals surface area contributed by atoms with Gasteiger partial charge in [-0.05, 0) is 62.2 Å². The predicted molar refractivity (Wildman–Crippen MR) is 106 cm³/mol. The molecule has 0 saturated heterocycles. The molecular weight excluding hydrogens is 342 g/mol. The van der Waals surface area contributed by atoms with Gasteiger partial charge in [0.15, 0.2) is 6.10 Å². The molecule has 2 rings (SSSR count). The minimum Gasteiger partial charge on any atom is -0.490 e. The maximum absolute atomic E-state index is 11.9. The Morgan fingerprint density at radius 3 is 2.52 bits per heavy atom. The van der Waals surface area contributed by atoms with E-state index in [-0.39, 0.29) is 5.97 Å². The number of pyridine rings is 1. The fourth-order valence-corrected chi connectivity index (χ4v) is 2.55. The number of esters is 1. The van der Waals surface area contributed by atoms with Crippen LogP contribution < -0.4 is 4.74 Å². The van der Waals surface area contributed by atoms with Gasteiger partial charge in [-0.2, -0.15) is 0 Å². The second-order valence-corrected chi connectivity index (χ2v) is 5.96. The first kappa shape index (κ1) is 20.6. The Labute approximate surface area is 161 Å². The Kier molecular flexibility index (Phi) is 8.52. The molecule has 0 aliphatic carbocycles. The zero-order valence-electron chi connectivity index (χ0n) is 16.2.